The fourth-order valence-corrected chi connectivity index (χ4v) is 1.37. The zero-order chi connectivity index (χ0) is 15.9. The first-order valence-corrected chi connectivity index (χ1v) is 6.17. The summed E-state index contributed by atoms with van der Waals surface area (Å²) >= 11 is 0. The van der Waals surface area contributed by atoms with Gasteiger partial charge in [-0.1, -0.05) is 29.8 Å². The van der Waals surface area contributed by atoms with Crippen molar-refractivity contribution >= 4 is 11.9 Å². The van der Waals surface area contributed by atoms with E-state index in [0.29, 0.717) is 0 Å². The van der Waals surface area contributed by atoms with Crippen LogP contribution in [0.3, 0.4) is 0 Å². The second kappa shape index (κ2) is 7.51. The van der Waals surface area contributed by atoms with Gasteiger partial charge in [-0.15, -0.1) is 0 Å². The summed E-state index contributed by atoms with van der Waals surface area (Å²) in [6.45, 7) is 0.258. The Morgan fingerprint density at radius 2 is 1.67 bits per heavy atom. The molecule has 0 spiro atoms. The van der Waals surface area contributed by atoms with Gasteiger partial charge in [-0.3, -0.25) is 4.79 Å². The Balaban J connectivity index is 2.22. The van der Waals surface area contributed by atoms with Crippen LogP contribution >= 0.6 is 0 Å². The first-order valence-electron chi connectivity index (χ1n) is 6.17. The number of amides is 3. The third kappa shape index (κ3) is 7.81. The van der Waals surface area contributed by atoms with E-state index < -0.39 is 31.2 Å². The van der Waals surface area contributed by atoms with Crippen LogP contribution in [0, 0.1) is 6.92 Å². The Morgan fingerprint density at radius 3 is 2.24 bits per heavy atom. The summed E-state index contributed by atoms with van der Waals surface area (Å²) in [7, 11) is 0. The summed E-state index contributed by atoms with van der Waals surface area (Å²) in [4.78, 5) is 22.4. The molecule has 21 heavy (non-hydrogen) atoms. The molecule has 1 rings (SSSR count). The highest BCUT2D eigenvalue weighted by molar-refractivity contribution is 5.83. The lowest BCUT2D eigenvalue weighted by molar-refractivity contribution is -0.137. The quantitative estimate of drug-likeness (QED) is 0.771. The lowest BCUT2D eigenvalue weighted by Crippen LogP contribution is -2.43. The summed E-state index contributed by atoms with van der Waals surface area (Å²) in [5.74, 6) is -0.905. The molecule has 116 valence electrons. The fourth-order valence-electron chi connectivity index (χ4n) is 1.37. The lowest BCUT2D eigenvalue weighted by atomic mass is 10.1. The molecule has 0 aliphatic rings. The van der Waals surface area contributed by atoms with E-state index in [0.717, 1.165) is 11.1 Å². The van der Waals surface area contributed by atoms with Crippen LogP contribution < -0.4 is 16.0 Å². The number of alkyl halides is 3. The van der Waals surface area contributed by atoms with Gasteiger partial charge in [0.15, 0.2) is 0 Å². The van der Waals surface area contributed by atoms with Crippen molar-refractivity contribution in [2.75, 3.05) is 13.1 Å². The van der Waals surface area contributed by atoms with Gasteiger partial charge in [-0.2, -0.15) is 13.2 Å². The van der Waals surface area contributed by atoms with Crippen molar-refractivity contribution in [3.05, 3.63) is 35.4 Å². The van der Waals surface area contributed by atoms with Crippen LogP contribution in [0.4, 0.5) is 18.0 Å². The second-order valence-corrected chi connectivity index (χ2v) is 4.41. The highest BCUT2D eigenvalue weighted by atomic mass is 19.4. The van der Waals surface area contributed by atoms with Crippen molar-refractivity contribution in [2.24, 2.45) is 0 Å². The van der Waals surface area contributed by atoms with Crippen molar-refractivity contribution in [1.82, 2.24) is 16.0 Å². The fraction of sp³-hybridized carbons (Fsp3) is 0.385. The van der Waals surface area contributed by atoms with Crippen LogP contribution in [0.15, 0.2) is 24.3 Å². The summed E-state index contributed by atoms with van der Waals surface area (Å²) < 4.78 is 35.5. The van der Waals surface area contributed by atoms with Crippen LogP contribution in [0.5, 0.6) is 0 Å². The van der Waals surface area contributed by atoms with Gasteiger partial charge in [0.25, 0.3) is 0 Å². The number of urea groups is 1. The standard InChI is InChI=1S/C13H16F3N3O2/c1-9-2-4-10(5-3-9)6-17-12(21)18-7-11(20)19-8-13(14,15)16/h2-5H,6-8H2,1H3,(H,19,20)(H2,17,18,21). The number of hydrogen-bond acceptors (Lipinski definition) is 2. The van der Waals surface area contributed by atoms with Gasteiger partial charge >= 0.3 is 12.2 Å². The summed E-state index contributed by atoms with van der Waals surface area (Å²) in [6, 6.07) is 6.83. The summed E-state index contributed by atoms with van der Waals surface area (Å²) in [6.07, 6.45) is -4.47. The molecule has 1 aromatic rings. The minimum Gasteiger partial charge on any atom is -0.345 e. The van der Waals surface area contributed by atoms with Crippen molar-refractivity contribution in [2.45, 2.75) is 19.6 Å². The third-order valence-electron chi connectivity index (χ3n) is 2.47. The number of nitrogens with one attached hydrogen (secondary N) is 3. The molecule has 0 heterocycles. The number of rotatable bonds is 5. The Bertz CT molecular complexity index is 486. The molecular weight excluding hydrogens is 287 g/mol. The topological polar surface area (TPSA) is 70.2 Å². The molecule has 3 amide bonds. The molecule has 0 aliphatic heterocycles. The molecule has 0 aliphatic carbocycles. The van der Waals surface area contributed by atoms with Gasteiger partial charge in [0.2, 0.25) is 5.91 Å². The molecule has 8 heteroatoms. The van der Waals surface area contributed by atoms with Crippen molar-refractivity contribution in [3.63, 3.8) is 0 Å². The van der Waals surface area contributed by atoms with Gasteiger partial charge in [0, 0.05) is 6.54 Å². The Kier molecular flexibility index (Phi) is 6.01. The average molecular weight is 303 g/mol. The van der Waals surface area contributed by atoms with Crippen LogP contribution in [0.25, 0.3) is 0 Å². The van der Waals surface area contributed by atoms with E-state index in [2.05, 4.69) is 10.6 Å². The third-order valence-corrected chi connectivity index (χ3v) is 2.47. The van der Waals surface area contributed by atoms with E-state index in [-0.39, 0.29) is 6.54 Å². The number of benzene rings is 1. The smallest absolute Gasteiger partial charge is 0.345 e. The van der Waals surface area contributed by atoms with E-state index in [4.69, 9.17) is 0 Å². The molecule has 5 nitrogen and oxygen atoms in total. The first-order chi connectivity index (χ1) is 9.76. The highest BCUT2D eigenvalue weighted by Gasteiger charge is 2.27. The van der Waals surface area contributed by atoms with E-state index in [1.165, 1.54) is 0 Å². The predicted octanol–water partition coefficient (Wildman–Crippen LogP) is 1.47. The molecule has 0 aromatic heterocycles. The number of carbonyl (C=O) groups is 2. The lowest BCUT2D eigenvalue weighted by Gasteiger charge is -2.10. The molecule has 0 bridgehead atoms. The van der Waals surface area contributed by atoms with Gasteiger partial charge in [0.1, 0.15) is 6.54 Å². The minimum absolute atomic E-state index is 0.260. The molecule has 0 atom stereocenters. The van der Waals surface area contributed by atoms with E-state index in [1.54, 1.807) is 5.32 Å². The number of hydrogen-bond donors (Lipinski definition) is 3. The van der Waals surface area contributed by atoms with E-state index >= 15 is 0 Å². The van der Waals surface area contributed by atoms with Gasteiger partial charge in [0.05, 0.1) is 6.54 Å². The average Bonchev–Trinajstić information content (AvgIpc) is 2.41. The first kappa shape index (κ1) is 16.8. The van der Waals surface area contributed by atoms with Crippen molar-refractivity contribution in [1.29, 1.82) is 0 Å². The van der Waals surface area contributed by atoms with Crippen molar-refractivity contribution in [3.8, 4) is 0 Å². The minimum atomic E-state index is -4.47. The normalized spacial score (nSPS) is 10.9. The molecule has 0 fully saturated rings. The number of carbonyl (C=O) groups excluding carboxylic acids is 2. The number of aryl methyl sites for hydroxylation is 1. The summed E-state index contributed by atoms with van der Waals surface area (Å²) in [5, 5.41) is 6.32. The van der Waals surface area contributed by atoms with Crippen LogP contribution in [0.2, 0.25) is 0 Å². The Labute approximate surface area is 119 Å². The number of halogens is 3. The Morgan fingerprint density at radius 1 is 1.05 bits per heavy atom. The second-order valence-electron chi connectivity index (χ2n) is 4.41. The largest absolute Gasteiger partial charge is 0.405 e. The highest BCUT2D eigenvalue weighted by Crippen LogP contribution is 2.11. The van der Waals surface area contributed by atoms with E-state index in [1.807, 2.05) is 31.2 Å². The molecule has 0 saturated heterocycles. The maximum absolute atomic E-state index is 11.8. The molecule has 0 saturated carbocycles. The zero-order valence-electron chi connectivity index (χ0n) is 11.4. The summed E-state index contributed by atoms with van der Waals surface area (Å²) in [5.41, 5.74) is 1.96. The van der Waals surface area contributed by atoms with Crippen LogP contribution in [-0.4, -0.2) is 31.2 Å². The SMILES string of the molecule is Cc1ccc(CNC(=O)NCC(=O)NCC(F)(F)F)cc1. The monoisotopic (exact) mass is 303 g/mol. The van der Waals surface area contributed by atoms with Crippen molar-refractivity contribution < 1.29 is 22.8 Å². The van der Waals surface area contributed by atoms with Gasteiger partial charge in [-0.05, 0) is 12.5 Å². The predicted molar refractivity (Wildman–Crippen MR) is 70.5 cm³/mol. The molecule has 0 unspecified atom stereocenters. The zero-order valence-corrected chi connectivity index (χ0v) is 11.4. The maximum atomic E-state index is 11.8. The molecule has 1 aromatic carbocycles. The van der Waals surface area contributed by atoms with Crippen LogP contribution in [0.1, 0.15) is 11.1 Å². The maximum Gasteiger partial charge on any atom is 0.405 e. The van der Waals surface area contributed by atoms with Crippen LogP contribution in [-0.2, 0) is 11.3 Å². The Hall–Kier alpha value is -2.25. The van der Waals surface area contributed by atoms with Gasteiger partial charge in [-0.25, -0.2) is 4.79 Å². The molecular formula is C13H16F3N3O2. The van der Waals surface area contributed by atoms with Gasteiger partial charge < -0.3 is 16.0 Å². The van der Waals surface area contributed by atoms with E-state index in [9.17, 15) is 22.8 Å². The molecule has 3 N–H and O–H groups in total. The molecule has 0 radical (unpaired) electrons.